The average Bonchev–Trinajstić information content (AvgIpc) is 2.59. The topological polar surface area (TPSA) is 38.9 Å². The van der Waals surface area contributed by atoms with Crippen molar-refractivity contribution >= 4 is 43.2 Å². The van der Waals surface area contributed by atoms with Crippen LogP contribution >= 0.6 is 43.2 Å². The Morgan fingerprint density at radius 1 is 1.38 bits per heavy atom. The molecular formula is C11H10Br2N2S. The molecule has 2 N–H and O–H groups in total. The lowest BCUT2D eigenvalue weighted by atomic mass is 10.1. The fraction of sp³-hybridized carbons (Fsp3) is 0.182. The number of rotatable bonds is 3. The Morgan fingerprint density at radius 2 is 2.19 bits per heavy atom. The largest absolute Gasteiger partial charge is 0.324 e. The van der Waals surface area contributed by atoms with E-state index in [1.165, 1.54) is 0 Å². The lowest BCUT2D eigenvalue weighted by molar-refractivity contribution is 0.706. The van der Waals surface area contributed by atoms with Crippen molar-refractivity contribution in [3.63, 3.8) is 0 Å². The Hall–Kier alpha value is -0.230. The van der Waals surface area contributed by atoms with Gasteiger partial charge in [0.25, 0.3) is 0 Å². The number of pyridine rings is 1. The van der Waals surface area contributed by atoms with Crippen LogP contribution in [0.5, 0.6) is 0 Å². The van der Waals surface area contributed by atoms with Gasteiger partial charge in [-0.15, -0.1) is 11.3 Å². The lowest BCUT2D eigenvalue weighted by Gasteiger charge is -2.09. The van der Waals surface area contributed by atoms with E-state index in [1.807, 2.05) is 18.2 Å². The van der Waals surface area contributed by atoms with Gasteiger partial charge in [-0.25, -0.2) is 0 Å². The standard InChI is InChI=1S/C11H10Br2N2S/c12-10-6-8(11(13)16-10)9(14)5-7-3-1-2-4-15-7/h1-4,6,9H,5,14H2. The second-order valence-electron chi connectivity index (χ2n) is 3.41. The molecule has 1 unspecified atom stereocenters. The predicted molar refractivity (Wildman–Crippen MR) is 74.6 cm³/mol. The molecule has 0 aliphatic carbocycles. The number of thiophene rings is 1. The summed E-state index contributed by atoms with van der Waals surface area (Å²) in [6, 6.07) is 7.92. The minimum Gasteiger partial charge on any atom is -0.324 e. The molecule has 0 saturated heterocycles. The molecule has 2 nitrogen and oxygen atoms in total. The van der Waals surface area contributed by atoms with Crippen molar-refractivity contribution in [3.05, 3.63) is 49.3 Å². The molecule has 0 radical (unpaired) electrons. The summed E-state index contributed by atoms with van der Waals surface area (Å²) in [7, 11) is 0. The van der Waals surface area contributed by atoms with Gasteiger partial charge in [-0.3, -0.25) is 4.98 Å². The summed E-state index contributed by atoms with van der Waals surface area (Å²) < 4.78 is 2.17. The molecule has 0 spiro atoms. The van der Waals surface area contributed by atoms with Crippen LogP contribution in [0.4, 0.5) is 0 Å². The van der Waals surface area contributed by atoms with Crippen molar-refractivity contribution in [2.24, 2.45) is 5.73 Å². The molecule has 0 aliphatic heterocycles. The number of hydrogen-bond acceptors (Lipinski definition) is 3. The lowest BCUT2D eigenvalue weighted by Crippen LogP contribution is -2.13. The van der Waals surface area contributed by atoms with Crippen LogP contribution in [0.2, 0.25) is 0 Å². The summed E-state index contributed by atoms with van der Waals surface area (Å²) >= 11 is 8.61. The maximum Gasteiger partial charge on any atom is 0.0758 e. The Morgan fingerprint density at radius 3 is 2.75 bits per heavy atom. The van der Waals surface area contributed by atoms with E-state index < -0.39 is 0 Å². The molecule has 16 heavy (non-hydrogen) atoms. The molecule has 2 heterocycles. The van der Waals surface area contributed by atoms with Gasteiger partial charge in [0.1, 0.15) is 0 Å². The number of aromatic nitrogens is 1. The van der Waals surface area contributed by atoms with E-state index in [-0.39, 0.29) is 6.04 Å². The summed E-state index contributed by atoms with van der Waals surface area (Å²) in [5, 5.41) is 0. The average molecular weight is 362 g/mol. The van der Waals surface area contributed by atoms with Gasteiger partial charge in [-0.2, -0.15) is 0 Å². The Bertz CT molecular complexity index is 470. The van der Waals surface area contributed by atoms with Gasteiger partial charge in [0.2, 0.25) is 0 Å². The van der Waals surface area contributed by atoms with Crippen molar-refractivity contribution in [3.8, 4) is 0 Å². The van der Waals surface area contributed by atoms with Crippen LogP contribution < -0.4 is 5.73 Å². The molecule has 0 aromatic carbocycles. The van der Waals surface area contributed by atoms with E-state index in [9.17, 15) is 0 Å². The highest BCUT2D eigenvalue weighted by Gasteiger charge is 2.14. The number of nitrogens with two attached hydrogens (primary N) is 1. The van der Waals surface area contributed by atoms with Crippen LogP contribution in [-0.4, -0.2) is 4.98 Å². The summed E-state index contributed by atoms with van der Waals surface area (Å²) in [5.74, 6) is 0. The van der Waals surface area contributed by atoms with Crippen LogP contribution in [0.15, 0.2) is 38.0 Å². The number of halogens is 2. The van der Waals surface area contributed by atoms with Gasteiger partial charge in [-0.1, -0.05) is 6.07 Å². The zero-order valence-electron chi connectivity index (χ0n) is 8.36. The van der Waals surface area contributed by atoms with Crippen LogP contribution in [0, 0.1) is 0 Å². The Balaban J connectivity index is 2.14. The molecular weight excluding hydrogens is 352 g/mol. The molecule has 0 fully saturated rings. The first-order valence-electron chi connectivity index (χ1n) is 4.77. The molecule has 1 atom stereocenters. The SMILES string of the molecule is NC(Cc1ccccn1)c1cc(Br)sc1Br. The second-order valence-corrected chi connectivity index (χ2v) is 7.16. The van der Waals surface area contributed by atoms with Crippen molar-refractivity contribution in [1.82, 2.24) is 4.98 Å². The van der Waals surface area contributed by atoms with Gasteiger partial charge in [0, 0.05) is 24.4 Å². The molecule has 2 rings (SSSR count). The summed E-state index contributed by atoms with van der Waals surface area (Å²) in [5.41, 5.74) is 8.30. The van der Waals surface area contributed by atoms with E-state index in [4.69, 9.17) is 5.73 Å². The minimum absolute atomic E-state index is 0.0215. The zero-order valence-corrected chi connectivity index (χ0v) is 12.3. The van der Waals surface area contributed by atoms with E-state index in [2.05, 4.69) is 42.9 Å². The quantitative estimate of drug-likeness (QED) is 0.899. The molecule has 0 bridgehead atoms. The zero-order chi connectivity index (χ0) is 11.5. The highest BCUT2D eigenvalue weighted by Crippen LogP contribution is 2.35. The van der Waals surface area contributed by atoms with Gasteiger partial charge < -0.3 is 5.73 Å². The maximum absolute atomic E-state index is 6.16. The first-order valence-corrected chi connectivity index (χ1v) is 7.17. The fourth-order valence-corrected chi connectivity index (χ4v) is 4.46. The highest BCUT2D eigenvalue weighted by atomic mass is 79.9. The summed E-state index contributed by atoms with van der Waals surface area (Å²) in [6.07, 6.45) is 2.54. The van der Waals surface area contributed by atoms with Crippen molar-refractivity contribution in [2.75, 3.05) is 0 Å². The van der Waals surface area contributed by atoms with Crippen molar-refractivity contribution in [2.45, 2.75) is 12.5 Å². The minimum atomic E-state index is -0.0215. The Kier molecular flexibility index (Phi) is 4.13. The second kappa shape index (κ2) is 5.40. The van der Waals surface area contributed by atoms with Crippen LogP contribution in [0.3, 0.4) is 0 Å². The third-order valence-electron chi connectivity index (χ3n) is 2.24. The smallest absolute Gasteiger partial charge is 0.0758 e. The fourth-order valence-electron chi connectivity index (χ4n) is 1.46. The first kappa shape index (κ1) is 12.2. The number of hydrogen-bond donors (Lipinski definition) is 1. The van der Waals surface area contributed by atoms with Crippen molar-refractivity contribution < 1.29 is 0 Å². The van der Waals surface area contributed by atoms with Crippen LogP contribution in [-0.2, 0) is 6.42 Å². The molecule has 0 saturated carbocycles. The van der Waals surface area contributed by atoms with E-state index in [0.29, 0.717) is 0 Å². The third-order valence-corrected chi connectivity index (χ3v) is 4.62. The molecule has 0 aliphatic rings. The van der Waals surface area contributed by atoms with Crippen LogP contribution in [0.25, 0.3) is 0 Å². The molecule has 84 valence electrons. The maximum atomic E-state index is 6.16. The monoisotopic (exact) mass is 360 g/mol. The van der Waals surface area contributed by atoms with E-state index >= 15 is 0 Å². The van der Waals surface area contributed by atoms with Gasteiger partial charge in [0.05, 0.1) is 7.57 Å². The molecule has 2 aromatic heterocycles. The first-order chi connectivity index (χ1) is 7.66. The van der Waals surface area contributed by atoms with Crippen molar-refractivity contribution in [1.29, 1.82) is 0 Å². The van der Waals surface area contributed by atoms with Crippen LogP contribution in [0.1, 0.15) is 17.3 Å². The predicted octanol–water partition coefficient (Wildman–Crippen LogP) is 3.91. The van der Waals surface area contributed by atoms with Gasteiger partial charge in [-0.05, 0) is 55.6 Å². The third kappa shape index (κ3) is 2.91. The number of nitrogens with zero attached hydrogens (tertiary/aromatic N) is 1. The highest BCUT2D eigenvalue weighted by molar-refractivity contribution is 9.12. The molecule has 2 aromatic rings. The molecule has 5 heteroatoms. The Labute approximate surface area is 115 Å². The van der Waals surface area contributed by atoms with E-state index in [1.54, 1.807) is 17.5 Å². The normalized spacial score (nSPS) is 12.7. The van der Waals surface area contributed by atoms with Gasteiger partial charge >= 0.3 is 0 Å². The van der Waals surface area contributed by atoms with Gasteiger partial charge in [0.15, 0.2) is 0 Å². The summed E-state index contributed by atoms with van der Waals surface area (Å²) in [4.78, 5) is 4.28. The van der Waals surface area contributed by atoms with E-state index in [0.717, 1.165) is 25.3 Å². The summed E-state index contributed by atoms with van der Waals surface area (Å²) in [6.45, 7) is 0. The molecule has 0 amide bonds.